The molecule has 2 N–H and O–H groups in total. The number of piperidine rings is 1. The number of carbonyl (C=O) groups is 1. The number of halogens is 1. The van der Waals surface area contributed by atoms with E-state index in [0.29, 0.717) is 10.8 Å². The molecular weight excluding hydrogens is 284 g/mol. The summed E-state index contributed by atoms with van der Waals surface area (Å²) in [6, 6.07) is 0.144. The van der Waals surface area contributed by atoms with Gasteiger partial charge >= 0.3 is 0 Å². The molecule has 5 nitrogen and oxygen atoms in total. The first-order valence-corrected chi connectivity index (χ1v) is 7.27. The molecule has 108 valence electrons. The predicted octanol–water partition coefficient (Wildman–Crippen LogP) is 1.72. The Morgan fingerprint density at radius 3 is 3.00 bits per heavy atom. The molecule has 2 rings (SSSR count). The number of nitrogens with two attached hydrogens (primary N) is 1. The van der Waals surface area contributed by atoms with Gasteiger partial charge in [-0.15, -0.1) is 17.5 Å². The zero-order valence-electron chi connectivity index (χ0n) is 11.3. The minimum atomic E-state index is 0. The van der Waals surface area contributed by atoms with Crippen LogP contribution in [0.3, 0.4) is 0 Å². The van der Waals surface area contributed by atoms with Crippen molar-refractivity contribution in [2.45, 2.75) is 39.2 Å². The van der Waals surface area contributed by atoms with E-state index in [1.54, 1.807) is 0 Å². The Labute approximate surface area is 124 Å². The smallest absolute Gasteiger partial charge is 0.267 e. The number of rotatable bonds is 3. The molecule has 0 aromatic carbocycles. The average Bonchev–Trinajstić information content (AvgIpc) is 2.86. The Morgan fingerprint density at radius 2 is 2.37 bits per heavy atom. The van der Waals surface area contributed by atoms with Crippen LogP contribution < -0.4 is 5.73 Å². The van der Waals surface area contributed by atoms with Crippen LogP contribution in [0.25, 0.3) is 0 Å². The van der Waals surface area contributed by atoms with Crippen molar-refractivity contribution < 1.29 is 4.79 Å². The zero-order valence-corrected chi connectivity index (χ0v) is 13.0. The van der Waals surface area contributed by atoms with E-state index in [0.717, 1.165) is 38.0 Å². The van der Waals surface area contributed by atoms with Crippen LogP contribution in [0.2, 0.25) is 0 Å². The molecule has 0 saturated carbocycles. The molecule has 0 bridgehead atoms. The lowest BCUT2D eigenvalue weighted by atomic mass is 9.92. The van der Waals surface area contributed by atoms with Crippen molar-refractivity contribution >= 4 is 29.8 Å². The van der Waals surface area contributed by atoms with Crippen LogP contribution >= 0.6 is 23.9 Å². The molecule has 1 aromatic rings. The molecule has 1 aliphatic rings. The molecule has 7 heteroatoms. The van der Waals surface area contributed by atoms with E-state index in [1.807, 2.05) is 18.7 Å². The molecule has 0 radical (unpaired) electrons. The number of aryl methyl sites for hydroxylation is 1. The Hall–Kier alpha value is -0.720. The monoisotopic (exact) mass is 304 g/mol. The Morgan fingerprint density at radius 1 is 1.63 bits per heavy atom. The SMILES string of the molecule is CCc1nnsc1C(=O)N1CCCC(C(C)N)C1.Cl. The molecule has 2 unspecified atom stereocenters. The van der Waals surface area contributed by atoms with Crippen molar-refractivity contribution in [3.8, 4) is 0 Å². The largest absolute Gasteiger partial charge is 0.338 e. The van der Waals surface area contributed by atoms with Crippen LogP contribution in [-0.4, -0.2) is 39.5 Å². The van der Waals surface area contributed by atoms with Crippen LogP contribution in [0, 0.1) is 5.92 Å². The van der Waals surface area contributed by atoms with Crippen molar-refractivity contribution in [1.82, 2.24) is 14.5 Å². The van der Waals surface area contributed by atoms with E-state index in [-0.39, 0.29) is 24.4 Å². The number of likely N-dealkylation sites (tertiary alicyclic amines) is 1. The first kappa shape index (κ1) is 16.3. The summed E-state index contributed by atoms with van der Waals surface area (Å²) in [7, 11) is 0. The number of hydrogen-bond acceptors (Lipinski definition) is 5. The molecular formula is C12H21ClN4OS. The molecule has 1 amide bonds. The summed E-state index contributed by atoms with van der Waals surface area (Å²) in [6.45, 7) is 5.60. The highest BCUT2D eigenvalue weighted by Crippen LogP contribution is 2.22. The van der Waals surface area contributed by atoms with Crippen molar-refractivity contribution in [3.05, 3.63) is 10.6 Å². The Balaban J connectivity index is 0.00000180. The Kier molecular flexibility index (Phi) is 6.16. The summed E-state index contributed by atoms with van der Waals surface area (Å²) in [5.41, 5.74) is 6.76. The lowest BCUT2D eigenvalue weighted by Gasteiger charge is -2.34. The summed E-state index contributed by atoms with van der Waals surface area (Å²) in [4.78, 5) is 15.0. The first-order valence-electron chi connectivity index (χ1n) is 6.49. The topological polar surface area (TPSA) is 72.1 Å². The highest BCUT2D eigenvalue weighted by atomic mass is 35.5. The second-order valence-corrected chi connectivity index (χ2v) is 5.67. The highest BCUT2D eigenvalue weighted by Gasteiger charge is 2.28. The maximum atomic E-state index is 12.4. The fourth-order valence-corrected chi connectivity index (χ4v) is 3.09. The van der Waals surface area contributed by atoms with E-state index < -0.39 is 0 Å². The minimum absolute atomic E-state index is 0. The van der Waals surface area contributed by atoms with Crippen LogP contribution in [0.5, 0.6) is 0 Å². The minimum Gasteiger partial charge on any atom is -0.338 e. The maximum Gasteiger partial charge on any atom is 0.267 e. The first-order chi connectivity index (χ1) is 8.63. The molecule has 0 spiro atoms. The zero-order chi connectivity index (χ0) is 13.1. The quantitative estimate of drug-likeness (QED) is 0.923. The van der Waals surface area contributed by atoms with Gasteiger partial charge in [-0.1, -0.05) is 11.4 Å². The van der Waals surface area contributed by atoms with Gasteiger partial charge in [0.1, 0.15) is 4.88 Å². The third kappa shape index (κ3) is 3.64. The van der Waals surface area contributed by atoms with Gasteiger partial charge in [0.2, 0.25) is 0 Å². The lowest BCUT2D eigenvalue weighted by Crippen LogP contribution is -2.45. The summed E-state index contributed by atoms with van der Waals surface area (Å²) in [5, 5.41) is 4.00. The fraction of sp³-hybridized carbons (Fsp3) is 0.750. The van der Waals surface area contributed by atoms with E-state index in [1.165, 1.54) is 11.5 Å². The van der Waals surface area contributed by atoms with Gasteiger partial charge in [-0.25, -0.2) is 0 Å². The van der Waals surface area contributed by atoms with Crippen molar-refractivity contribution in [1.29, 1.82) is 0 Å². The standard InChI is InChI=1S/C12H20N4OS.ClH/c1-3-10-11(18-15-14-10)12(17)16-6-4-5-9(7-16)8(2)13;/h8-9H,3-7,13H2,1-2H3;1H. The number of hydrogen-bond donors (Lipinski definition) is 1. The summed E-state index contributed by atoms with van der Waals surface area (Å²) in [6.07, 6.45) is 2.90. The molecule has 2 atom stereocenters. The van der Waals surface area contributed by atoms with Gasteiger partial charge in [0.05, 0.1) is 5.69 Å². The predicted molar refractivity (Wildman–Crippen MR) is 78.8 cm³/mol. The summed E-state index contributed by atoms with van der Waals surface area (Å²) in [5.74, 6) is 0.487. The van der Waals surface area contributed by atoms with Crippen LogP contribution in [0.15, 0.2) is 0 Å². The average molecular weight is 305 g/mol. The van der Waals surface area contributed by atoms with Crippen molar-refractivity contribution in [2.24, 2.45) is 11.7 Å². The van der Waals surface area contributed by atoms with E-state index in [4.69, 9.17) is 5.73 Å². The van der Waals surface area contributed by atoms with E-state index in [2.05, 4.69) is 9.59 Å². The second-order valence-electron chi connectivity index (χ2n) is 4.91. The van der Waals surface area contributed by atoms with Crippen LogP contribution in [-0.2, 0) is 6.42 Å². The van der Waals surface area contributed by atoms with Gasteiger partial charge in [-0.3, -0.25) is 4.79 Å². The van der Waals surface area contributed by atoms with Crippen LogP contribution in [0.4, 0.5) is 0 Å². The van der Waals surface area contributed by atoms with Gasteiger partial charge in [0.15, 0.2) is 0 Å². The molecule has 0 aliphatic carbocycles. The van der Waals surface area contributed by atoms with E-state index >= 15 is 0 Å². The number of aromatic nitrogens is 2. The molecule has 1 fully saturated rings. The maximum absolute atomic E-state index is 12.4. The molecule has 19 heavy (non-hydrogen) atoms. The molecule has 1 aliphatic heterocycles. The van der Waals surface area contributed by atoms with Crippen LogP contribution in [0.1, 0.15) is 42.1 Å². The van der Waals surface area contributed by atoms with Crippen molar-refractivity contribution in [3.63, 3.8) is 0 Å². The molecule has 1 saturated heterocycles. The van der Waals surface area contributed by atoms with Crippen molar-refractivity contribution in [2.75, 3.05) is 13.1 Å². The Bertz CT molecular complexity index is 424. The van der Waals surface area contributed by atoms with Gasteiger partial charge in [-0.2, -0.15) is 0 Å². The summed E-state index contributed by atoms with van der Waals surface area (Å²) < 4.78 is 3.88. The van der Waals surface area contributed by atoms with E-state index in [9.17, 15) is 4.79 Å². The fourth-order valence-electron chi connectivity index (χ4n) is 2.37. The van der Waals surface area contributed by atoms with Gasteiger partial charge < -0.3 is 10.6 Å². The normalized spacial score (nSPS) is 20.8. The third-order valence-corrected chi connectivity index (χ3v) is 4.33. The molecule has 2 heterocycles. The lowest BCUT2D eigenvalue weighted by molar-refractivity contribution is 0.0664. The number of nitrogens with zero attached hydrogens (tertiary/aromatic N) is 3. The number of carbonyl (C=O) groups excluding carboxylic acids is 1. The third-order valence-electron chi connectivity index (χ3n) is 3.57. The van der Waals surface area contributed by atoms with Gasteiger partial charge in [0.25, 0.3) is 5.91 Å². The molecule has 1 aromatic heterocycles. The van der Waals surface area contributed by atoms with Gasteiger partial charge in [0, 0.05) is 19.1 Å². The summed E-state index contributed by atoms with van der Waals surface area (Å²) >= 11 is 1.20. The second kappa shape index (κ2) is 7.17. The van der Waals surface area contributed by atoms with Gasteiger partial charge in [-0.05, 0) is 43.6 Å². The highest BCUT2D eigenvalue weighted by molar-refractivity contribution is 7.08. The number of amides is 1.